The highest BCUT2D eigenvalue weighted by atomic mass is 19.1. The molecular weight excluding hydrogens is 205 g/mol. The van der Waals surface area contributed by atoms with Crippen molar-refractivity contribution in [2.45, 2.75) is 20.4 Å². The van der Waals surface area contributed by atoms with Crippen molar-refractivity contribution in [3.63, 3.8) is 0 Å². The smallest absolute Gasteiger partial charge is 0.141 e. The molecule has 1 N–H and O–H groups in total. The van der Waals surface area contributed by atoms with E-state index in [0.717, 1.165) is 38.3 Å². The molecule has 0 aliphatic rings. The molecule has 0 amide bonds. The highest BCUT2D eigenvalue weighted by Crippen LogP contribution is 2.04. The number of hydrogen-bond acceptors (Lipinski definition) is 3. The van der Waals surface area contributed by atoms with E-state index >= 15 is 0 Å². The first-order valence-electron chi connectivity index (χ1n) is 5.78. The van der Waals surface area contributed by atoms with Gasteiger partial charge in [0.05, 0.1) is 6.20 Å². The van der Waals surface area contributed by atoms with Gasteiger partial charge in [-0.25, -0.2) is 4.39 Å². The van der Waals surface area contributed by atoms with E-state index in [1.54, 1.807) is 12.3 Å². The highest BCUT2D eigenvalue weighted by Gasteiger charge is 2.04. The fraction of sp³-hybridized carbons (Fsp3) is 0.583. The predicted molar refractivity (Wildman–Crippen MR) is 63.7 cm³/mol. The van der Waals surface area contributed by atoms with Crippen LogP contribution in [0, 0.1) is 5.82 Å². The van der Waals surface area contributed by atoms with E-state index in [1.165, 1.54) is 6.20 Å². The van der Waals surface area contributed by atoms with E-state index in [9.17, 15) is 4.39 Å². The van der Waals surface area contributed by atoms with Crippen molar-refractivity contribution in [2.75, 3.05) is 26.2 Å². The monoisotopic (exact) mass is 225 g/mol. The summed E-state index contributed by atoms with van der Waals surface area (Å²) in [6, 6.07) is 1.54. The average molecular weight is 225 g/mol. The van der Waals surface area contributed by atoms with Crippen LogP contribution in [0.15, 0.2) is 18.5 Å². The van der Waals surface area contributed by atoms with Crippen LogP contribution < -0.4 is 5.32 Å². The maximum atomic E-state index is 12.9. The molecule has 0 saturated carbocycles. The first-order valence-corrected chi connectivity index (χ1v) is 5.78. The van der Waals surface area contributed by atoms with Crippen LogP contribution in [0.25, 0.3) is 0 Å². The zero-order valence-electron chi connectivity index (χ0n) is 10.0. The van der Waals surface area contributed by atoms with Crippen LogP contribution >= 0.6 is 0 Å². The molecule has 1 aromatic heterocycles. The van der Waals surface area contributed by atoms with Crippen molar-refractivity contribution in [3.05, 3.63) is 29.8 Å². The van der Waals surface area contributed by atoms with Crippen LogP contribution in [-0.4, -0.2) is 36.1 Å². The van der Waals surface area contributed by atoms with E-state index in [1.807, 2.05) is 0 Å². The lowest BCUT2D eigenvalue weighted by atomic mass is 10.2. The zero-order valence-corrected chi connectivity index (χ0v) is 10.0. The summed E-state index contributed by atoms with van der Waals surface area (Å²) in [6.07, 6.45) is 2.96. The Balaban J connectivity index is 2.43. The summed E-state index contributed by atoms with van der Waals surface area (Å²) >= 11 is 0. The summed E-state index contributed by atoms with van der Waals surface area (Å²) in [6.45, 7) is 8.84. The Morgan fingerprint density at radius 1 is 1.38 bits per heavy atom. The molecule has 0 spiro atoms. The normalized spacial score (nSPS) is 11.0. The summed E-state index contributed by atoms with van der Waals surface area (Å²) in [5.41, 5.74) is 0.929. The molecule has 0 atom stereocenters. The maximum absolute atomic E-state index is 12.9. The molecule has 90 valence electrons. The fourth-order valence-electron chi connectivity index (χ4n) is 1.56. The number of likely N-dealkylation sites (N-methyl/N-ethyl adjacent to an activating group) is 2. The minimum Gasteiger partial charge on any atom is -0.316 e. The lowest BCUT2D eigenvalue weighted by molar-refractivity contribution is 0.279. The summed E-state index contributed by atoms with van der Waals surface area (Å²) in [7, 11) is 0. The van der Waals surface area contributed by atoms with Crippen molar-refractivity contribution in [1.82, 2.24) is 15.2 Å². The number of nitrogens with zero attached hydrogens (tertiary/aromatic N) is 2. The van der Waals surface area contributed by atoms with Crippen molar-refractivity contribution in [1.29, 1.82) is 0 Å². The van der Waals surface area contributed by atoms with Crippen molar-refractivity contribution >= 4 is 0 Å². The lowest BCUT2D eigenvalue weighted by Gasteiger charge is -2.20. The predicted octanol–water partition coefficient (Wildman–Crippen LogP) is 1.65. The fourth-order valence-corrected chi connectivity index (χ4v) is 1.56. The maximum Gasteiger partial charge on any atom is 0.141 e. The minimum atomic E-state index is -0.264. The molecule has 0 aliphatic carbocycles. The highest BCUT2D eigenvalue weighted by molar-refractivity contribution is 5.09. The van der Waals surface area contributed by atoms with Crippen LogP contribution in [0.2, 0.25) is 0 Å². The molecule has 0 radical (unpaired) electrons. The van der Waals surface area contributed by atoms with E-state index < -0.39 is 0 Å². The number of rotatable bonds is 7. The van der Waals surface area contributed by atoms with Gasteiger partial charge in [0.1, 0.15) is 5.82 Å². The van der Waals surface area contributed by atoms with Gasteiger partial charge >= 0.3 is 0 Å². The van der Waals surface area contributed by atoms with Crippen LogP contribution in [0.1, 0.15) is 19.4 Å². The third-order valence-electron chi connectivity index (χ3n) is 2.47. The first kappa shape index (κ1) is 13.1. The molecule has 0 fully saturated rings. The van der Waals surface area contributed by atoms with Gasteiger partial charge in [-0.15, -0.1) is 0 Å². The molecule has 0 bridgehead atoms. The van der Waals surface area contributed by atoms with Gasteiger partial charge in [0, 0.05) is 25.8 Å². The van der Waals surface area contributed by atoms with Crippen LogP contribution in [0.4, 0.5) is 4.39 Å². The van der Waals surface area contributed by atoms with Crippen molar-refractivity contribution < 1.29 is 4.39 Å². The zero-order chi connectivity index (χ0) is 11.8. The molecule has 0 aromatic carbocycles. The van der Waals surface area contributed by atoms with E-state index in [4.69, 9.17) is 0 Å². The average Bonchev–Trinajstić information content (AvgIpc) is 2.28. The third-order valence-corrected chi connectivity index (χ3v) is 2.47. The Morgan fingerprint density at radius 2 is 2.19 bits per heavy atom. The van der Waals surface area contributed by atoms with E-state index in [2.05, 4.69) is 29.0 Å². The molecule has 16 heavy (non-hydrogen) atoms. The van der Waals surface area contributed by atoms with Gasteiger partial charge in [0.25, 0.3) is 0 Å². The second kappa shape index (κ2) is 7.30. The van der Waals surface area contributed by atoms with Crippen molar-refractivity contribution in [2.24, 2.45) is 0 Å². The summed E-state index contributed by atoms with van der Waals surface area (Å²) in [5, 5.41) is 3.28. The molecule has 1 heterocycles. The number of halogens is 1. The summed E-state index contributed by atoms with van der Waals surface area (Å²) < 4.78 is 12.9. The summed E-state index contributed by atoms with van der Waals surface area (Å²) in [4.78, 5) is 6.11. The van der Waals surface area contributed by atoms with Crippen LogP contribution in [0.5, 0.6) is 0 Å². The third kappa shape index (κ3) is 4.68. The van der Waals surface area contributed by atoms with Gasteiger partial charge < -0.3 is 5.32 Å². The van der Waals surface area contributed by atoms with Gasteiger partial charge in [0.15, 0.2) is 0 Å². The van der Waals surface area contributed by atoms with Gasteiger partial charge in [-0.3, -0.25) is 9.88 Å². The Labute approximate surface area is 96.7 Å². The second-order valence-corrected chi connectivity index (χ2v) is 3.73. The second-order valence-electron chi connectivity index (χ2n) is 3.73. The first-order chi connectivity index (χ1) is 7.76. The molecule has 3 nitrogen and oxygen atoms in total. The number of aromatic nitrogens is 1. The van der Waals surface area contributed by atoms with Crippen LogP contribution in [0.3, 0.4) is 0 Å². The van der Waals surface area contributed by atoms with Gasteiger partial charge in [-0.05, 0) is 24.7 Å². The molecule has 1 aromatic rings. The minimum absolute atomic E-state index is 0.264. The van der Waals surface area contributed by atoms with Gasteiger partial charge in [0.2, 0.25) is 0 Å². The molecule has 0 unspecified atom stereocenters. The Kier molecular flexibility index (Phi) is 5.96. The quantitative estimate of drug-likeness (QED) is 0.715. The standard InChI is InChI=1S/C12H20FN3/c1-3-14-5-6-16(4-2)10-11-7-12(13)9-15-8-11/h7-9,14H,3-6,10H2,1-2H3. The number of pyridine rings is 1. The molecule has 0 saturated heterocycles. The van der Waals surface area contributed by atoms with Gasteiger partial charge in [-0.1, -0.05) is 13.8 Å². The van der Waals surface area contributed by atoms with Crippen molar-refractivity contribution in [3.8, 4) is 0 Å². The number of hydrogen-bond donors (Lipinski definition) is 1. The van der Waals surface area contributed by atoms with Crippen LogP contribution in [-0.2, 0) is 6.54 Å². The Morgan fingerprint density at radius 3 is 2.81 bits per heavy atom. The largest absolute Gasteiger partial charge is 0.316 e. The van der Waals surface area contributed by atoms with E-state index in [0.29, 0.717) is 0 Å². The molecule has 4 heteroatoms. The number of nitrogens with one attached hydrogen (secondary N) is 1. The summed E-state index contributed by atoms with van der Waals surface area (Å²) in [5.74, 6) is -0.264. The molecule has 0 aliphatic heterocycles. The lowest BCUT2D eigenvalue weighted by Crippen LogP contribution is -2.31. The van der Waals surface area contributed by atoms with E-state index in [-0.39, 0.29) is 5.82 Å². The topological polar surface area (TPSA) is 28.2 Å². The Bertz CT molecular complexity index is 304. The Hall–Kier alpha value is -1.00. The molecule has 1 rings (SSSR count). The SMILES string of the molecule is CCNCCN(CC)Cc1cncc(F)c1. The molecular formula is C12H20FN3. The van der Waals surface area contributed by atoms with Gasteiger partial charge in [-0.2, -0.15) is 0 Å².